The number of ether oxygens (including phenoxy) is 3. The number of allylic oxidation sites excluding steroid dienone is 1. The van der Waals surface area contributed by atoms with Gasteiger partial charge in [-0.2, -0.15) is 0 Å². The Balaban J connectivity index is 1.03. The number of carbonyl (C=O) groups excluding carboxylic acids is 1. The predicted octanol–water partition coefficient (Wildman–Crippen LogP) is 2.51. The number of thioether (sulfide) groups is 1. The van der Waals surface area contributed by atoms with Crippen molar-refractivity contribution in [3.8, 4) is 17.2 Å². The number of halogens is 2. The monoisotopic (exact) mass is 770 g/mol. The summed E-state index contributed by atoms with van der Waals surface area (Å²) in [5.41, 5.74) is 0.867. The fourth-order valence-electron chi connectivity index (χ4n) is 3.61. The van der Waals surface area contributed by atoms with E-state index in [0.717, 1.165) is 32.1 Å². The van der Waals surface area contributed by atoms with Crippen LogP contribution in [0.4, 0.5) is 0 Å². The molecular weight excluding hydrogens is 732 g/mol. The topological polar surface area (TPSA) is 95.7 Å². The van der Waals surface area contributed by atoms with Crippen LogP contribution in [0.5, 0.6) is 5.75 Å². The van der Waals surface area contributed by atoms with E-state index in [4.69, 9.17) is 18.6 Å². The average molecular weight is 770 g/mol. The number of alkyl halides is 4. The number of carbonyl (C=O) groups is 1. The maximum absolute atomic E-state index is 11.7. The molecule has 11 heteroatoms. The molecule has 1 atom stereocenters. The molecule has 0 bridgehead atoms. The Hall–Kier alpha value is -0.900. The summed E-state index contributed by atoms with van der Waals surface area (Å²) in [6, 6.07) is 7.62. The molecule has 38 heavy (non-hydrogen) atoms. The van der Waals surface area contributed by atoms with Crippen molar-refractivity contribution in [2.45, 2.75) is 52.6 Å². The Morgan fingerprint density at radius 1 is 1.13 bits per heavy atom. The summed E-state index contributed by atoms with van der Waals surface area (Å²) >= 11 is 1.40. The van der Waals surface area contributed by atoms with Gasteiger partial charge in [0.1, 0.15) is 6.61 Å². The number of nitrogens with one attached hydrogen (secondary N) is 1. The summed E-state index contributed by atoms with van der Waals surface area (Å²) in [7, 11) is 0. The van der Waals surface area contributed by atoms with E-state index in [-0.39, 0.29) is 12.5 Å². The first kappa shape index (κ1) is 30.1. The van der Waals surface area contributed by atoms with Crippen LogP contribution in [0.15, 0.2) is 42.9 Å². The number of aromatic nitrogens is 2. The zero-order chi connectivity index (χ0) is 26.6. The van der Waals surface area contributed by atoms with E-state index >= 15 is 0 Å². The van der Waals surface area contributed by atoms with Gasteiger partial charge >= 0.3 is 152 Å². The van der Waals surface area contributed by atoms with Crippen LogP contribution in [0.2, 0.25) is 0 Å². The Morgan fingerprint density at radius 2 is 1.89 bits per heavy atom. The number of unbranched alkanes of at least 4 members (excludes halogenated alkanes) is 4. The average Bonchev–Trinajstić information content (AvgIpc) is 3.78. The van der Waals surface area contributed by atoms with Crippen molar-refractivity contribution in [1.82, 2.24) is 15.5 Å². The first-order valence-electron chi connectivity index (χ1n) is 13.2. The molecule has 2 aromatic rings. The fraction of sp³-hybridized carbons (Fsp3) is 0.593. The molecule has 0 saturated carbocycles. The third-order valence-electron chi connectivity index (χ3n) is 5.87. The number of nitrogens with zero attached hydrogens (tertiary/aromatic N) is 2. The normalized spacial score (nSPS) is 19.3. The van der Waals surface area contributed by atoms with Gasteiger partial charge in [-0.25, -0.2) is 0 Å². The molecule has 8 nitrogen and oxygen atoms in total. The standard InChI is InChI=1S/C27H38I2N3O5S/c1-3-4-5-6-7-12-30-24(33)18-35-14-13-34-15-16-36-23-10-8-22(9-11-23)25-31-32-26(37-25)38-21(2)17-29-20-27(29)19-28-27/h8-11,17H,3-7,12-16,18-20H2,1-2H3,(H,30,33)/q-1. The number of benzene rings is 1. The maximum atomic E-state index is 11.7. The van der Waals surface area contributed by atoms with Gasteiger partial charge in [0.15, 0.2) is 0 Å². The molecule has 1 aromatic carbocycles. The summed E-state index contributed by atoms with van der Waals surface area (Å²) in [5.74, 6) is 1.20. The van der Waals surface area contributed by atoms with E-state index in [0.29, 0.717) is 58.7 Å². The Labute approximate surface area is 247 Å². The molecule has 1 spiro atoms. The van der Waals surface area contributed by atoms with E-state index in [1.807, 2.05) is 24.3 Å². The van der Waals surface area contributed by atoms with E-state index in [1.54, 1.807) is 20.6 Å². The minimum absolute atomic E-state index is 0.0710. The number of amides is 1. The second kappa shape index (κ2) is 15.8. The summed E-state index contributed by atoms with van der Waals surface area (Å²) in [4.78, 5) is 13.0. The van der Waals surface area contributed by atoms with Crippen LogP contribution in [0.25, 0.3) is 11.5 Å². The molecule has 1 amide bonds. The number of hydrogen-bond donors (Lipinski definition) is 1. The molecule has 0 aliphatic carbocycles. The molecule has 1 aromatic heterocycles. The summed E-state index contributed by atoms with van der Waals surface area (Å²) in [6.07, 6.45) is 5.90. The Bertz CT molecular complexity index is 1050. The predicted molar refractivity (Wildman–Crippen MR) is 155 cm³/mol. The molecule has 4 rings (SSSR count). The molecule has 2 fully saturated rings. The molecule has 1 unspecified atom stereocenters. The van der Waals surface area contributed by atoms with Crippen molar-refractivity contribution in [2.75, 3.05) is 48.4 Å². The molecule has 1 N–H and O–H groups in total. The van der Waals surface area contributed by atoms with Crippen LogP contribution in [0.3, 0.4) is 0 Å². The van der Waals surface area contributed by atoms with Gasteiger partial charge in [-0.05, 0) is 6.42 Å². The molecule has 212 valence electrons. The molecule has 3 heterocycles. The summed E-state index contributed by atoms with van der Waals surface area (Å²) < 4.78 is 29.1. The van der Waals surface area contributed by atoms with Crippen LogP contribution in [-0.2, 0) is 14.3 Å². The third kappa shape index (κ3) is 10.3. The van der Waals surface area contributed by atoms with Crippen molar-refractivity contribution in [3.05, 3.63) is 33.3 Å². The van der Waals surface area contributed by atoms with Gasteiger partial charge in [-0.1, -0.05) is 32.6 Å². The molecular formula is C27H38I2N3O5S-. The number of rotatable bonds is 19. The summed E-state index contributed by atoms with van der Waals surface area (Å²) in [6.45, 7) is 6.82. The third-order valence-corrected chi connectivity index (χ3v) is 24.5. The first-order chi connectivity index (χ1) is 18.6. The second-order valence-corrected chi connectivity index (χ2v) is 21.7. The fourth-order valence-corrected chi connectivity index (χ4v) is 22.4. The van der Waals surface area contributed by atoms with Crippen molar-refractivity contribution in [1.29, 1.82) is 0 Å². The van der Waals surface area contributed by atoms with Crippen LogP contribution in [0, 0.1) is 0 Å². The zero-order valence-corrected chi connectivity index (χ0v) is 27.3. The van der Waals surface area contributed by atoms with Crippen molar-refractivity contribution < 1.29 is 44.6 Å². The quantitative estimate of drug-likeness (QED) is 0.101. The van der Waals surface area contributed by atoms with Gasteiger partial charge in [0.05, 0.1) is 19.8 Å². The van der Waals surface area contributed by atoms with Crippen LogP contribution < -0.4 is 31.3 Å². The SMILES string of the molecule is CCCCCCCNC(=O)COCCOCCOc1ccc(-c2nnc(SC(C)=CI3CC34C[I-]4)o2)cc1. The van der Waals surface area contributed by atoms with Gasteiger partial charge in [-0.15, -0.1) is 0 Å². The van der Waals surface area contributed by atoms with Crippen LogP contribution in [-0.4, -0.2) is 66.0 Å². The van der Waals surface area contributed by atoms with Gasteiger partial charge in [0.2, 0.25) is 5.91 Å². The van der Waals surface area contributed by atoms with Gasteiger partial charge in [-0.3, -0.25) is 4.79 Å². The van der Waals surface area contributed by atoms with Gasteiger partial charge in [0.25, 0.3) is 0 Å². The minimum atomic E-state index is -0.751. The molecule has 0 radical (unpaired) electrons. The van der Waals surface area contributed by atoms with Gasteiger partial charge < -0.3 is 14.8 Å². The van der Waals surface area contributed by atoms with Crippen molar-refractivity contribution in [3.63, 3.8) is 0 Å². The van der Waals surface area contributed by atoms with E-state index in [2.05, 4.69) is 33.4 Å². The van der Waals surface area contributed by atoms with Crippen LogP contribution in [0.1, 0.15) is 46.0 Å². The van der Waals surface area contributed by atoms with E-state index in [9.17, 15) is 4.79 Å². The molecule has 2 aliphatic rings. The molecule has 2 aliphatic heterocycles. The Morgan fingerprint density at radius 3 is 2.66 bits per heavy atom. The summed E-state index contributed by atoms with van der Waals surface area (Å²) in [5, 5.41) is 11.9. The zero-order valence-electron chi connectivity index (χ0n) is 22.2. The van der Waals surface area contributed by atoms with Crippen LogP contribution >= 0.6 is 31.6 Å². The van der Waals surface area contributed by atoms with Crippen molar-refractivity contribution in [2.24, 2.45) is 0 Å². The molecule has 2 saturated heterocycles. The van der Waals surface area contributed by atoms with E-state index < -0.39 is 19.8 Å². The first-order valence-corrected chi connectivity index (χ1v) is 20.4. The van der Waals surface area contributed by atoms with Gasteiger partial charge in [0, 0.05) is 6.54 Å². The Kier molecular flexibility index (Phi) is 12.5. The van der Waals surface area contributed by atoms with Crippen molar-refractivity contribution >= 4 is 37.5 Å². The number of hydrogen-bond acceptors (Lipinski definition) is 8. The second-order valence-electron chi connectivity index (χ2n) is 9.15. The van der Waals surface area contributed by atoms with E-state index in [1.165, 1.54) is 24.2 Å².